The van der Waals surface area contributed by atoms with E-state index in [4.69, 9.17) is 10.5 Å². The van der Waals surface area contributed by atoms with Gasteiger partial charge in [-0.15, -0.1) is 0 Å². The number of hydrogen-bond acceptors (Lipinski definition) is 3. The lowest BCUT2D eigenvalue weighted by Gasteiger charge is -2.42. The summed E-state index contributed by atoms with van der Waals surface area (Å²) in [4.78, 5) is 2.54. The summed E-state index contributed by atoms with van der Waals surface area (Å²) in [7, 11) is 0. The summed E-state index contributed by atoms with van der Waals surface area (Å²) in [6.45, 7) is 6.68. The Kier molecular flexibility index (Phi) is 5.37. The molecule has 19 heavy (non-hydrogen) atoms. The van der Waals surface area contributed by atoms with Gasteiger partial charge in [0.2, 0.25) is 0 Å². The van der Waals surface area contributed by atoms with Crippen molar-refractivity contribution in [1.29, 1.82) is 0 Å². The Morgan fingerprint density at radius 3 is 2.68 bits per heavy atom. The number of hydrogen-bond donors (Lipinski definition) is 1. The highest BCUT2D eigenvalue weighted by atomic mass is 16.5. The Hall–Kier alpha value is -0.900. The van der Waals surface area contributed by atoms with Crippen LogP contribution in [0.15, 0.2) is 30.3 Å². The van der Waals surface area contributed by atoms with Crippen molar-refractivity contribution in [1.82, 2.24) is 4.90 Å². The van der Waals surface area contributed by atoms with E-state index in [0.29, 0.717) is 0 Å². The molecule has 0 saturated carbocycles. The van der Waals surface area contributed by atoms with Gasteiger partial charge in [0.1, 0.15) is 0 Å². The first-order chi connectivity index (χ1) is 9.30. The first-order valence-electron chi connectivity index (χ1n) is 7.37. The first kappa shape index (κ1) is 14.5. The van der Waals surface area contributed by atoms with Crippen LogP contribution < -0.4 is 5.73 Å². The molecule has 0 radical (unpaired) electrons. The van der Waals surface area contributed by atoms with Gasteiger partial charge in [-0.25, -0.2) is 0 Å². The van der Waals surface area contributed by atoms with Crippen molar-refractivity contribution in [2.45, 2.75) is 38.3 Å². The Bertz CT molecular complexity index is 358. The van der Waals surface area contributed by atoms with Crippen LogP contribution in [0.2, 0.25) is 0 Å². The fourth-order valence-corrected chi connectivity index (χ4v) is 3.06. The van der Waals surface area contributed by atoms with Gasteiger partial charge in [-0.2, -0.15) is 0 Å². The zero-order valence-electron chi connectivity index (χ0n) is 12.0. The normalized spacial score (nSPS) is 24.4. The molecule has 1 aromatic rings. The largest absolute Gasteiger partial charge is 0.381 e. The standard InChI is InChI=1S/C16H26N2O/c1-2-18(13-15-7-4-3-5-8-15)16(14-17)9-6-11-19-12-10-16/h3-5,7-8H,2,6,9-14,17H2,1H3. The lowest BCUT2D eigenvalue weighted by Crippen LogP contribution is -2.53. The maximum Gasteiger partial charge on any atom is 0.0484 e. The van der Waals surface area contributed by atoms with Crippen molar-refractivity contribution in [2.24, 2.45) is 5.73 Å². The molecule has 0 amide bonds. The molecule has 1 aliphatic rings. The average molecular weight is 262 g/mol. The fraction of sp³-hybridized carbons (Fsp3) is 0.625. The molecule has 0 bridgehead atoms. The van der Waals surface area contributed by atoms with E-state index in [9.17, 15) is 0 Å². The van der Waals surface area contributed by atoms with Crippen molar-refractivity contribution in [3.8, 4) is 0 Å². The molecule has 1 saturated heterocycles. The molecule has 1 aliphatic heterocycles. The summed E-state index contributed by atoms with van der Waals surface area (Å²) in [5.74, 6) is 0. The molecule has 2 rings (SSSR count). The van der Waals surface area contributed by atoms with Crippen LogP contribution in [0.5, 0.6) is 0 Å². The molecule has 0 spiro atoms. The minimum atomic E-state index is 0.112. The molecular weight excluding hydrogens is 236 g/mol. The van der Waals surface area contributed by atoms with E-state index < -0.39 is 0 Å². The Labute approximate surface area is 116 Å². The van der Waals surface area contributed by atoms with Gasteiger partial charge < -0.3 is 10.5 Å². The van der Waals surface area contributed by atoms with E-state index in [1.807, 2.05) is 0 Å². The highest BCUT2D eigenvalue weighted by Crippen LogP contribution is 2.28. The number of rotatable bonds is 5. The number of ether oxygens (including phenoxy) is 1. The van der Waals surface area contributed by atoms with E-state index in [-0.39, 0.29) is 5.54 Å². The Balaban J connectivity index is 2.13. The Morgan fingerprint density at radius 1 is 1.21 bits per heavy atom. The van der Waals surface area contributed by atoms with Crippen LogP contribution in [0.4, 0.5) is 0 Å². The van der Waals surface area contributed by atoms with Crippen LogP contribution in [-0.4, -0.2) is 36.7 Å². The molecular formula is C16H26N2O. The van der Waals surface area contributed by atoms with Gasteiger partial charge in [0.05, 0.1) is 0 Å². The summed E-state index contributed by atoms with van der Waals surface area (Å²) in [6.07, 6.45) is 3.30. The molecule has 3 heteroatoms. The molecule has 3 nitrogen and oxygen atoms in total. The summed E-state index contributed by atoms with van der Waals surface area (Å²) >= 11 is 0. The molecule has 1 unspecified atom stereocenters. The quantitative estimate of drug-likeness (QED) is 0.885. The van der Waals surface area contributed by atoms with Gasteiger partial charge in [-0.3, -0.25) is 4.90 Å². The van der Waals surface area contributed by atoms with Crippen LogP contribution in [-0.2, 0) is 11.3 Å². The fourth-order valence-electron chi connectivity index (χ4n) is 3.06. The Morgan fingerprint density at radius 2 is 2.00 bits per heavy atom. The third kappa shape index (κ3) is 3.56. The second kappa shape index (κ2) is 7.04. The highest BCUT2D eigenvalue weighted by molar-refractivity contribution is 5.15. The second-order valence-electron chi connectivity index (χ2n) is 5.39. The first-order valence-corrected chi connectivity index (χ1v) is 7.37. The smallest absolute Gasteiger partial charge is 0.0484 e. The van der Waals surface area contributed by atoms with Crippen molar-refractivity contribution in [3.05, 3.63) is 35.9 Å². The summed E-state index contributed by atoms with van der Waals surface area (Å²) in [5.41, 5.74) is 7.62. The maximum absolute atomic E-state index is 6.14. The molecule has 1 fully saturated rings. The van der Waals surface area contributed by atoms with Gasteiger partial charge >= 0.3 is 0 Å². The topological polar surface area (TPSA) is 38.5 Å². The van der Waals surface area contributed by atoms with Crippen molar-refractivity contribution in [3.63, 3.8) is 0 Å². The third-order valence-corrected chi connectivity index (χ3v) is 4.29. The van der Waals surface area contributed by atoms with E-state index >= 15 is 0 Å². The average Bonchev–Trinajstić information content (AvgIpc) is 2.72. The van der Waals surface area contributed by atoms with Gasteiger partial charge in [0, 0.05) is 31.8 Å². The lowest BCUT2D eigenvalue weighted by molar-refractivity contribution is 0.0648. The monoisotopic (exact) mass is 262 g/mol. The minimum absolute atomic E-state index is 0.112. The molecule has 0 aromatic heterocycles. The van der Waals surface area contributed by atoms with Crippen LogP contribution in [0.25, 0.3) is 0 Å². The second-order valence-corrected chi connectivity index (χ2v) is 5.39. The van der Waals surface area contributed by atoms with E-state index in [2.05, 4.69) is 42.2 Å². The number of benzene rings is 1. The van der Waals surface area contributed by atoms with Crippen molar-refractivity contribution < 1.29 is 4.74 Å². The number of likely N-dealkylation sites (N-methyl/N-ethyl adjacent to an activating group) is 1. The summed E-state index contributed by atoms with van der Waals surface area (Å²) in [6, 6.07) is 10.7. The molecule has 1 aromatic carbocycles. The van der Waals surface area contributed by atoms with Gasteiger partial charge in [0.15, 0.2) is 0 Å². The number of nitrogens with zero attached hydrogens (tertiary/aromatic N) is 1. The predicted molar refractivity (Wildman–Crippen MR) is 79.0 cm³/mol. The minimum Gasteiger partial charge on any atom is -0.381 e. The SMILES string of the molecule is CCN(Cc1ccccc1)C1(CN)CCCOCC1. The highest BCUT2D eigenvalue weighted by Gasteiger charge is 2.35. The molecule has 106 valence electrons. The summed E-state index contributed by atoms with van der Waals surface area (Å²) < 4.78 is 5.61. The van der Waals surface area contributed by atoms with E-state index in [0.717, 1.165) is 52.1 Å². The zero-order valence-corrected chi connectivity index (χ0v) is 12.0. The third-order valence-electron chi connectivity index (χ3n) is 4.29. The van der Waals surface area contributed by atoms with Gasteiger partial charge in [0.25, 0.3) is 0 Å². The number of nitrogens with two attached hydrogens (primary N) is 1. The molecule has 0 aliphatic carbocycles. The van der Waals surface area contributed by atoms with Crippen LogP contribution in [0.1, 0.15) is 31.7 Å². The molecule has 1 atom stereocenters. The van der Waals surface area contributed by atoms with Gasteiger partial charge in [-0.1, -0.05) is 37.3 Å². The van der Waals surface area contributed by atoms with Gasteiger partial charge in [-0.05, 0) is 31.4 Å². The molecule has 1 heterocycles. The zero-order chi connectivity index (χ0) is 13.6. The van der Waals surface area contributed by atoms with Crippen molar-refractivity contribution >= 4 is 0 Å². The van der Waals surface area contributed by atoms with E-state index in [1.165, 1.54) is 5.56 Å². The van der Waals surface area contributed by atoms with Crippen LogP contribution in [0.3, 0.4) is 0 Å². The maximum atomic E-state index is 6.14. The van der Waals surface area contributed by atoms with Crippen LogP contribution >= 0.6 is 0 Å². The van der Waals surface area contributed by atoms with E-state index in [1.54, 1.807) is 0 Å². The van der Waals surface area contributed by atoms with Crippen LogP contribution in [0, 0.1) is 0 Å². The lowest BCUT2D eigenvalue weighted by atomic mass is 9.88. The summed E-state index contributed by atoms with van der Waals surface area (Å²) in [5, 5.41) is 0. The van der Waals surface area contributed by atoms with Crippen molar-refractivity contribution in [2.75, 3.05) is 26.3 Å². The molecule has 2 N–H and O–H groups in total. The predicted octanol–water partition coefficient (Wildman–Crippen LogP) is 2.41.